The average molecular weight is 405 g/mol. The normalized spacial score (nSPS) is 16.3. The molecule has 0 bridgehead atoms. The number of aromatic nitrogens is 4. The van der Waals surface area contributed by atoms with Crippen LogP contribution in [0.15, 0.2) is 54.9 Å². The summed E-state index contributed by atoms with van der Waals surface area (Å²) in [6.45, 7) is 0.634. The summed E-state index contributed by atoms with van der Waals surface area (Å²) in [6, 6.07) is 11.8. The molecule has 0 aliphatic carbocycles. The maximum Gasteiger partial charge on any atom is 0.257 e. The first-order valence-corrected chi connectivity index (χ1v) is 9.78. The third-order valence-corrected chi connectivity index (χ3v) is 5.45. The second-order valence-electron chi connectivity index (χ2n) is 7.29. The number of para-hydroxylation sites is 2. The van der Waals surface area contributed by atoms with Crippen LogP contribution in [0.1, 0.15) is 35.1 Å². The van der Waals surface area contributed by atoms with E-state index in [9.17, 15) is 9.18 Å². The molecule has 7 nitrogen and oxygen atoms in total. The fraction of sp³-hybridized carbons (Fsp3) is 0.227. The van der Waals surface area contributed by atoms with Crippen molar-refractivity contribution in [2.45, 2.75) is 18.9 Å². The average Bonchev–Trinajstić information content (AvgIpc) is 3.51. The molecule has 1 saturated heterocycles. The Bertz CT molecular complexity index is 1230. The van der Waals surface area contributed by atoms with E-state index in [0.717, 1.165) is 18.5 Å². The Labute approximate surface area is 172 Å². The quantitative estimate of drug-likeness (QED) is 0.559. The maximum atomic E-state index is 13.5. The van der Waals surface area contributed by atoms with Gasteiger partial charge in [0.1, 0.15) is 23.1 Å². The van der Waals surface area contributed by atoms with Crippen molar-refractivity contribution >= 4 is 16.9 Å². The summed E-state index contributed by atoms with van der Waals surface area (Å²) in [5.74, 6) is 0.929. The van der Waals surface area contributed by atoms with Crippen LogP contribution < -0.4 is 4.74 Å². The van der Waals surface area contributed by atoms with Crippen LogP contribution in [0.2, 0.25) is 0 Å². The Balaban J connectivity index is 1.43. The second-order valence-corrected chi connectivity index (χ2v) is 7.29. The molecule has 30 heavy (non-hydrogen) atoms. The number of hydrogen-bond acceptors (Lipinski definition) is 4. The number of methoxy groups -OCH3 is 1. The number of imidazole rings is 1. The van der Waals surface area contributed by atoms with Crippen molar-refractivity contribution < 1.29 is 13.9 Å². The predicted octanol–water partition coefficient (Wildman–Crippen LogP) is 3.87. The number of amides is 1. The lowest BCUT2D eigenvalue weighted by Crippen LogP contribution is -2.30. The molecule has 1 amide bonds. The smallest absolute Gasteiger partial charge is 0.257 e. The Morgan fingerprint density at radius 2 is 2.13 bits per heavy atom. The van der Waals surface area contributed by atoms with Gasteiger partial charge in [-0.3, -0.25) is 4.79 Å². The molecule has 1 atom stereocenters. The minimum Gasteiger partial charge on any atom is -0.494 e. The monoisotopic (exact) mass is 405 g/mol. The highest BCUT2D eigenvalue weighted by molar-refractivity contribution is 5.94. The molecule has 3 heterocycles. The number of rotatable bonds is 4. The van der Waals surface area contributed by atoms with Gasteiger partial charge < -0.3 is 14.6 Å². The lowest BCUT2D eigenvalue weighted by Gasteiger charge is -2.22. The van der Waals surface area contributed by atoms with Gasteiger partial charge >= 0.3 is 0 Å². The zero-order valence-corrected chi connectivity index (χ0v) is 16.4. The SMILES string of the molecule is COc1ccccc1-n1cc(C(=O)N2CCCC2c2nc3ccc(F)cc3[nH]2)cn1. The summed E-state index contributed by atoms with van der Waals surface area (Å²) < 4.78 is 20.5. The van der Waals surface area contributed by atoms with Crippen LogP contribution in [0.25, 0.3) is 16.7 Å². The Morgan fingerprint density at radius 1 is 1.27 bits per heavy atom. The molecule has 2 aromatic heterocycles. The predicted molar refractivity (Wildman–Crippen MR) is 109 cm³/mol. The standard InChI is InChI=1S/C22H20FN5O2/c1-30-20-7-3-2-5-18(20)28-13-14(12-24-28)22(29)27-10-4-6-19(27)21-25-16-9-8-15(23)11-17(16)26-21/h2-3,5,7-9,11-13,19H,4,6,10H2,1H3,(H,25,26). The van der Waals surface area contributed by atoms with Gasteiger partial charge in [-0.25, -0.2) is 14.1 Å². The van der Waals surface area contributed by atoms with Gasteiger partial charge in [0.15, 0.2) is 0 Å². The van der Waals surface area contributed by atoms with E-state index < -0.39 is 0 Å². The maximum absolute atomic E-state index is 13.5. The zero-order chi connectivity index (χ0) is 20.7. The topological polar surface area (TPSA) is 76.0 Å². The minimum atomic E-state index is -0.319. The first kappa shape index (κ1) is 18.4. The zero-order valence-electron chi connectivity index (χ0n) is 16.4. The number of H-pyrrole nitrogens is 1. The summed E-state index contributed by atoms with van der Waals surface area (Å²) in [5.41, 5.74) is 2.58. The van der Waals surface area contributed by atoms with Crippen LogP contribution in [-0.2, 0) is 0 Å². The van der Waals surface area contributed by atoms with Crippen LogP contribution in [-0.4, -0.2) is 44.2 Å². The number of benzene rings is 2. The fourth-order valence-electron chi connectivity index (χ4n) is 4.00. The van der Waals surface area contributed by atoms with Gasteiger partial charge in [0.05, 0.1) is 35.9 Å². The molecule has 1 aliphatic heterocycles. The van der Waals surface area contributed by atoms with Crippen molar-refractivity contribution in [1.29, 1.82) is 0 Å². The first-order valence-electron chi connectivity index (χ1n) is 9.78. The fourth-order valence-corrected chi connectivity index (χ4v) is 4.00. The molecule has 8 heteroatoms. The van der Waals surface area contributed by atoms with Gasteiger partial charge in [0.2, 0.25) is 0 Å². The molecule has 5 rings (SSSR count). The molecule has 1 fully saturated rings. The van der Waals surface area contributed by atoms with Crippen LogP contribution in [0, 0.1) is 5.82 Å². The summed E-state index contributed by atoms with van der Waals surface area (Å²) in [4.78, 5) is 22.8. The van der Waals surface area contributed by atoms with Gasteiger partial charge in [-0.05, 0) is 43.2 Å². The lowest BCUT2D eigenvalue weighted by atomic mass is 10.2. The molecule has 1 N–H and O–H groups in total. The number of likely N-dealkylation sites (tertiary alicyclic amines) is 1. The molecule has 1 aliphatic rings. The summed E-state index contributed by atoms with van der Waals surface area (Å²) in [6.07, 6.45) is 4.96. The molecular weight excluding hydrogens is 385 g/mol. The van der Waals surface area contributed by atoms with E-state index in [1.807, 2.05) is 24.3 Å². The number of carbonyl (C=O) groups excluding carboxylic acids is 1. The Hall–Kier alpha value is -3.68. The largest absolute Gasteiger partial charge is 0.494 e. The van der Waals surface area contributed by atoms with Crippen molar-refractivity contribution in [3.05, 3.63) is 72.1 Å². The first-order chi connectivity index (χ1) is 14.6. The third-order valence-electron chi connectivity index (χ3n) is 5.45. The number of nitrogens with zero attached hydrogens (tertiary/aromatic N) is 4. The number of aromatic amines is 1. The van der Waals surface area contributed by atoms with Crippen LogP contribution in [0.3, 0.4) is 0 Å². The van der Waals surface area contributed by atoms with Crippen molar-refractivity contribution in [3.63, 3.8) is 0 Å². The van der Waals surface area contributed by atoms with E-state index in [4.69, 9.17) is 4.74 Å². The third kappa shape index (κ3) is 3.10. The van der Waals surface area contributed by atoms with E-state index in [2.05, 4.69) is 15.1 Å². The number of nitrogens with one attached hydrogen (secondary N) is 1. The van der Waals surface area contributed by atoms with Crippen molar-refractivity contribution in [3.8, 4) is 11.4 Å². The Kier molecular flexibility index (Phi) is 4.46. The molecule has 0 radical (unpaired) electrons. The van der Waals surface area contributed by atoms with E-state index in [1.165, 1.54) is 12.1 Å². The van der Waals surface area contributed by atoms with Gasteiger partial charge in [0.25, 0.3) is 5.91 Å². The van der Waals surface area contributed by atoms with E-state index in [1.54, 1.807) is 35.2 Å². The number of hydrogen-bond donors (Lipinski definition) is 1. The van der Waals surface area contributed by atoms with Gasteiger partial charge in [-0.15, -0.1) is 0 Å². The summed E-state index contributed by atoms with van der Waals surface area (Å²) >= 11 is 0. The van der Waals surface area contributed by atoms with Crippen molar-refractivity contribution in [2.24, 2.45) is 0 Å². The van der Waals surface area contributed by atoms with Crippen LogP contribution >= 0.6 is 0 Å². The highest BCUT2D eigenvalue weighted by Crippen LogP contribution is 2.33. The lowest BCUT2D eigenvalue weighted by molar-refractivity contribution is 0.0730. The van der Waals surface area contributed by atoms with E-state index >= 15 is 0 Å². The molecule has 4 aromatic rings. The molecule has 152 valence electrons. The molecule has 0 spiro atoms. The van der Waals surface area contributed by atoms with Crippen LogP contribution in [0.5, 0.6) is 5.75 Å². The summed E-state index contributed by atoms with van der Waals surface area (Å²) in [5, 5.41) is 4.35. The highest BCUT2D eigenvalue weighted by atomic mass is 19.1. The second kappa shape index (κ2) is 7.29. The van der Waals surface area contributed by atoms with Crippen molar-refractivity contribution in [1.82, 2.24) is 24.6 Å². The number of fused-ring (bicyclic) bond motifs is 1. The Morgan fingerprint density at radius 3 is 3.00 bits per heavy atom. The van der Waals surface area contributed by atoms with Crippen molar-refractivity contribution in [2.75, 3.05) is 13.7 Å². The van der Waals surface area contributed by atoms with Gasteiger partial charge in [0, 0.05) is 12.7 Å². The molecule has 0 saturated carbocycles. The summed E-state index contributed by atoms with van der Waals surface area (Å²) in [7, 11) is 1.60. The number of ether oxygens (including phenoxy) is 1. The number of halogens is 1. The van der Waals surface area contributed by atoms with Crippen LogP contribution in [0.4, 0.5) is 4.39 Å². The van der Waals surface area contributed by atoms with E-state index in [0.29, 0.717) is 34.7 Å². The molecule has 2 aromatic carbocycles. The molecular formula is C22H20FN5O2. The highest BCUT2D eigenvalue weighted by Gasteiger charge is 2.33. The van der Waals surface area contributed by atoms with Gasteiger partial charge in [-0.2, -0.15) is 5.10 Å². The minimum absolute atomic E-state index is 0.106. The number of carbonyl (C=O) groups is 1. The van der Waals surface area contributed by atoms with Gasteiger partial charge in [-0.1, -0.05) is 12.1 Å². The van der Waals surface area contributed by atoms with E-state index in [-0.39, 0.29) is 17.8 Å². The molecule has 1 unspecified atom stereocenters.